The molecule has 3 heteroatoms. The summed E-state index contributed by atoms with van der Waals surface area (Å²) >= 11 is 1.28. The Balaban J connectivity index is 4.07. The number of aliphatic hydroxyl groups is 2. The van der Waals surface area contributed by atoms with E-state index in [-0.39, 0.29) is 15.6 Å². The molecule has 0 spiro atoms. The van der Waals surface area contributed by atoms with Crippen molar-refractivity contribution in [3.8, 4) is 0 Å². The highest BCUT2D eigenvalue weighted by Crippen LogP contribution is 2.29. The summed E-state index contributed by atoms with van der Waals surface area (Å²) in [5, 5.41) is 17.9. The molecule has 2 N–H and O–H groups in total. The van der Waals surface area contributed by atoms with Crippen molar-refractivity contribution in [3.63, 3.8) is 0 Å². The molecule has 0 rings (SSSR count). The number of thioether (sulfide) groups is 1. The predicted octanol–water partition coefficient (Wildman–Crippen LogP) is 2.99. The fraction of sp³-hybridized carbons (Fsp3) is 0.500. The van der Waals surface area contributed by atoms with E-state index in [9.17, 15) is 0 Å². The fourth-order valence-electron chi connectivity index (χ4n) is 0.486. The highest BCUT2D eigenvalue weighted by molar-refractivity contribution is 8.04. The van der Waals surface area contributed by atoms with Crippen LogP contribution in [0.15, 0.2) is 23.5 Å². The Morgan fingerprint density at radius 1 is 1.36 bits per heavy atom. The molecule has 0 fully saturated rings. The van der Waals surface area contributed by atoms with E-state index >= 15 is 0 Å². The third-order valence-electron chi connectivity index (χ3n) is 0.701. The number of hydrogen-bond acceptors (Lipinski definition) is 3. The van der Waals surface area contributed by atoms with E-state index in [1.54, 1.807) is 0 Å². The third kappa shape index (κ3) is 7.33. The summed E-state index contributed by atoms with van der Waals surface area (Å²) in [4.78, 5) is 0. The second-order valence-corrected chi connectivity index (χ2v) is 5.04. The van der Waals surface area contributed by atoms with Gasteiger partial charge in [-0.1, -0.05) is 39.1 Å². The number of allylic oxidation sites excluding steroid dienone is 1. The molecule has 0 heterocycles. The summed E-state index contributed by atoms with van der Waals surface area (Å²) < 4.78 is -0.0456. The van der Waals surface area contributed by atoms with Gasteiger partial charge in [-0.2, -0.15) is 0 Å². The van der Waals surface area contributed by atoms with Crippen molar-refractivity contribution in [3.05, 3.63) is 23.5 Å². The van der Waals surface area contributed by atoms with E-state index < -0.39 is 0 Å². The summed E-state index contributed by atoms with van der Waals surface area (Å²) in [6.45, 7) is 9.15. The van der Waals surface area contributed by atoms with E-state index in [1.807, 2.05) is 20.8 Å². The highest BCUT2D eigenvalue weighted by Gasteiger charge is 2.12. The van der Waals surface area contributed by atoms with Crippen LogP contribution < -0.4 is 0 Å². The van der Waals surface area contributed by atoms with Crippen LogP contribution in [0.2, 0.25) is 0 Å². The van der Waals surface area contributed by atoms with Gasteiger partial charge in [0.25, 0.3) is 0 Å². The van der Waals surface area contributed by atoms with Crippen LogP contribution in [0.4, 0.5) is 0 Å². The molecular weight excluding hydrogens is 160 g/mol. The monoisotopic (exact) mass is 174 g/mol. The van der Waals surface area contributed by atoms with Crippen LogP contribution in [0.3, 0.4) is 0 Å². The average Bonchev–Trinajstić information content (AvgIpc) is 1.53. The minimum Gasteiger partial charge on any atom is -0.508 e. The van der Waals surface area contributed by atoms with Gasteiger partial charge in [-0.05, 0) is 0 Å². The van der Waals surface area contributed by atoms with Gasteiger partial charge in [-0.15, -0.1) is 0 Å². The fourth-order valence-corrected chi connectivity index (χ4v) is 1.31. The molecule has 0 saturated carbocycles. The predicted molar refractivity (Wildman–Crippen MR) is 49.8 cm³/mol. The van der Waals surface area contributed by atoms with Gasteiger partial charge in [0.2, 0.25) is 0 Å². The quantitative estimate of drug-likeness (QED) is 0.499. The van der Waals surface area contributed by atoms with Gasteiger partial charge >= 0.3 is 0 Å². The summed E-state index contributed by atoms with van der Waals surface area (Å²) in [6.07, 6.45) is 1.23. The Morgan fingerprint density at radius 3 is 2.09 bits per heavy atom. The van der Waals surface area contributed by atoms with Crippen molar-refractivity contribution in [1.82, 2.24) is 0 Å². The molecule has 0 unspecified atom stereocenters. The molecule has 0 aromatic carbocycles. The van der Waals surface area contributed by atoms with Crippen LogP contribution in [-0.2, 0) is 0 Å². The van der Waals surface area contributed by atoms with E-state index in [2.05, 4.69) is 6.58 Å². The molecule has 0 atom stereocenters. The number of aliphatic hydroxyl groups excluding tert-OH is 2. The lowest BCUT2D eigenvalue weighted by Crippen LogP contribution is -2.07. The normalized spacial score (nSPS) is 13.2. The first kappa shape index (κ1) is 10.4. The summed E-state index contributed by atoms with van der Waals surface area (Å²) in [5.41, 5.74) is 0. The van der Waals surface area contributed by atoms with Crippen LogP contribution in [0.5, 0.6) is 0 Å². The van der Waals surface area contributed by atoms with Gasteiger partial charge < -0.3 is 10.2 Å². The van der Waals surface area contributed by atoms with Gasteiger partial charge in [0, 0.05) is 10.8 Å². The molecule has 0 aromatic rings. The molecular formula is C8H14O2S. The second kappa shape index (κ2) is 3.72. The van der Waals surface area contributed by atoms with Crippen LogP contribution in [0, 0.1) is 0 Å². The van der Waals surface area contributed by atoms with Crippen molar-refractivity contribution in [2.24, 2.45) is 0 Å². The van der Waals surface area contributed by atoms with Crippen molar-refractivity contribution >= 4 is 11.8 Å². The maximum atomic E-state index is 9.16. The van der Waals surface area contributed by atoms with Crippen molar-refractivity contribution < 1.29 is 10.2 Å². The lowest BCUT2D eigenvalue weighted by molar-refractivity contribution is 0.417. The zero-order chi connectivity index (χ0) is 9.07. The molecule has 0 aliphatic rings. The molecule has 11 heavy (non-hydrogen) atoms. The molecule has 0 radical (unpaired) electrons. The summed E-state index contributed by atoms with van der Waals surface area (Å²) in [6, 6.07) is 0. The maximum absolute atomic E-state index is 9.16. The van der Waals surface area contributed by atoms with Crippen molar-refractivity contribution in [2.45, 2.75) is 25.5 Å². The molecule has 0 aliphatic carbocycles. The summed E-state index contributed by atoms with van der Waals surface area (Å²) in [5.74, 6) is -0.126. The molecule has 0 bridgehead atoms. The number of hydrogen-bond donors (Lipinski definition) is 2. The van der Waals surface area contributed by atoms with Crippen LogP contribution in [-0.4, -0.2) is 15.0 Å². The minimum atomic E-state index is -0.126. The van der Waals surface area contributed by atoms with Gasteiger partial charge in [-0.25, -0.2) is 0 Å². The van der Waals surface area contributed by atoms with E-state index in [0.29, 0.717) is 0 Å². The Hall–Kier alpha value is -0.570. The van der Waals surface area contributed by atoms with Crippen LogP contribution in [0.1, 0.15) is 20.8 Å². The van der Waals surface area contributed by atoms with Crippen LogP contribution in [0.25, 0.3) is 0 Å². The van der Waals surface area contributed by atoms with Gasteiger partial charge in [0.15, 0.2) is 5.09 Å². The zero-order valence-corrected chi connectivity index (χ0v) is 7.90. The molecule has 0 aliphatic heterocycles. The Morgan fingerprint density at radius 2 is 1.82 bits per heavy atom. The Labute approximate surface area is 71.6 Å². The SMILES string of the molecule is C=C(O)/C=C(\O)SC(C)(C)C. The lowest BCUT2D eigenvalue weighted by Gasteiger charge is -2.15. The third-order valence-corrected chi connectivity index (χ3v) is 1.64. The lowest BCUT2D eigenvalue weighted by atomic mass is 10.3. The van der Waals surface area contributed by atoms with Gasteiger partial charge in [0.1, 0.15) is 5.76 Å². The average molecular weight is 174 g/mol. The first-order valence-corrected chi connectivity index (χ1v) is 4.10. The largest absolute Gasteiger partial charge is 0.508 e. The molecule has 2 nitrogen and oxygen atoms in total. The standard InChI is InChI=1S/C8H14O2S/c1-6(9)5-7(10)11-8(2,3)4/h5,9-10H,1H2,2-4H3/b7-5+. The smallest absolute Gasteiger partial charge is 0.154 e. The molecule has 0 aromatic heterocycles. The van der Waals surface area contributed by atoms with Crippen molar-refractivity contribution in [2.75, 3.05) is 0 Å². The van der Waals surface area contributed by atoms with Crippen LogP contribution >= 0.6 is 11.8 Å². The van der Waals surface area contributed by atoms with E-state index in [4.69, 9.17) is 10.2 Å². The minimum absolute atomic E-state index is 0.0456. The first-order valence-electron chi connectivity index (χ1n) is 3.29. The van der Waals surface area contributed by atoms with E-state index in [0.717, 1.165) is 0 Å². The first-order chi connectivity index (χ1) is 4.81. The van der Waals surface area contributed by atoms with Crippen molar-refractivity contribution in [1.29, 1.82) is 0 Å². The topological polar surface area (TPSA) is 40.5 Å². The van der Waals surface area contributed by atoms with Gasteiger partial charge in [0.05, 0.1) is 0 Å². The highest BCUT2D eigenvalue weighted by atomic mass is 32.2. The zero-order valence-electron chi connectivity index (χ0n) is 7.09. The molecule has 64 valence electrons. The molecule has 0 amide bonds. The van der Waals surface area contributed by atoms with E-state index in [1.165, 1.54) is 17.8 Å². The number of rotatable bonds is 2. The Kier molecular flexibility index (Phi) is 3.52. The summed E-state index contributed by atoms with van der Waals surface area (Å²) in [7, 11) is 0. The molecule has 0 saturated heterocycles. The second-order valence-electron chi connectivity index (χ2n) is 3.19. The van der Waals surface area contributed by atoms with Gasteiger partial charge in [-0.3, -0.25) is 0 Å². The maximum Gasteiger partial charge on any atom is 0.154 e. The Bertz CT molecular complexity index is 177.